The minimum absolute atomic E-state index is 0.156. The van der Waals surface area contributed by atoms with Crippen LogP contribution in [-0.4, -0.2) is 0 Å². The molecule has 0 bridgehead atoms. The lowest BCUT2D eigenvalue weighted by Gasteiger charge is -2.28. The largest absolute Gasteiger partial charge is 0.456 e. The maximum atomic E-state index is 7.05. The second kappa shape index (κ2) is 13.2. The number of anilines is 3. The van der Waals surface area contributed by atoms with E-state index in [0.717, 1.165) is 83.2 Å². The minimum Gasteiger partial charge on any atom is -0.456 e. The Hall–Kier alpha value is -7.62. The van der Waals surface area contributed by atoms with Crippen LogP contribution in [0.15, 0.2) is 209 Å². The molecule has 2 aromatic heterocycles. The third kappa shape index (κ3) is 5.29. The lowest BCUT2D eigenvalue weighted by atomic mass is 9.82. The summed E-state index contributed by atoms with van der Waals surface area (Å²) in [4.78, 5) is 2.37. The van der Waals surface area contributed by atoms with Crippen molar-refractivity contribution in [3.8, 4) is 44.5 Å². The molecular weight excluding hydrogens is 731 g/mol. The van der Waals surface area contributed by atoms with Gasteiger partial charge in [-0.05, 0) is 104 Å². The molecule has 1 aliphatic rings. The van der Waals surface area contributed by atoms with E-state index in [4.69, 9.17) is 8.83 Å². The zero-order chi connectivity index (χ0) is 40.0. The van der Waals surface area contributed by atoms with Crippen molar-refractivity contribution < 1.29 is 8.83 Å². The average molecular weight is 770 g/mol. The molecule has 0 aliphatic heterocycles. The molecule has 0 unspecified atom stereocenters. The van der Waals surface area contributed by atoms with E-state index in [1.54, 1.807) is 0 Å². The van der Waals surface area contributed by atoms with Crippen LogP contribution in [0.4, 0.5) is 17.1 Å². The molecule has 0 fully saturated rings. The van der Waals surface area contributed by atoms with Gasteiger partial charge in [-0.1, -0.05) is 166 Å². The first-order valence-electron chi connectivity index (χ1n) is 20.7. The van der Waals surface area contributed by atoms with Gasteiger partial charge in [0.15, 0.2) is 5.58 Å². The van der Waals surface area contributed by atoms with E-state index in [-0.39, 0.29) is 5.41 Å². The number of nitrogens with zero attached hydrogens (tertiary/aromatic N) is 1. The maximum absolute atomic E-state index is 7.05. The highest BCUT2D eigenvalue weighted by atomic mass is 16.3. The normalized spacial score (nSPS) is 13.0. The van der Waals surface area contributed by atoms with E-state index >= 15 is 0 Å². The van der Waals surface area contributed by atoms with Crippen LogP contribution in [-0.2, 0) is 5.41 Å². The highest BCUT2D eigenvalue weighted by Gasteiger charge is 2.36. The molecule has 0 radical (unpaired) electrons. The molecule has 0 spiro atoms. The van der Waals surface area contributed by atoms with E-state index in [2.05, 4.69) is 219 Å². The van der Waals surface area contributed by atoms with Crippen LogP contribution in [0.25, 0.3) is 88.4 Å². The predicted octanol–water partition coefficient (Wildman–Crippen LogP) is 16.3. The molecular formula is C57H39NO2. The molecule has 0 N–H and O–H groups in total. The van der Waals surface area contributed by atoms with Gasteiger partial charge >= 0.3 is 0 Å². The summed E-state index contributed by atoms with van der Waals surface area (Å²) in [5, 5.41) is 4.20. The smallest absolute Gasteiger partial charge is 0.159 e. The number of fused-ring (bicyclic) bond motifs is 9. The molecule has 11 aromatic rings. The second-order valence-electron chi connectivity index (χ2n) is 16.5. The van der Waals surface area contributed by atoms with Crippen molar-refractivity contribution in [2.24, 2.45) is 0 Å². The zero-order valence-corrected chi connectivity index (χ0v) is 33.3. The lowest BCUT2D eigenvalue weighted by molar-refractivity contribution is 0.660. The molecule has 2 heterocycles. The quantitative estimate of drug-likeness (QED) is 0.169. The molecule has 1 aliphatic carbocycles. The molecule has 3 nitrogen and oxygen atoms in total. The minimum atomic E-state index is -0.156. The summed E-state index contributed by atoms with van der Waals surface area (Å²) in [6.45, 7) is 4.68. The summed E-state index contributed by atoms with van der Waals surface area (Å²) in [5.41, 5.74) is 18.6. The van der Waals surface area contributed by atoms with Crippen LogP contribution in [0.2, 0.25) is 0 Å². The topological polar surface area (TPSA) is 29.5 Å². The van der Waals surface area contributed by atoms with Crippen LogP contribution >= 0.6 is 0 Å². The van der Waals surface area contributed by atoms with Gasteiger partial charge in [0.05, 0.1) is 5.69 Å². The first kappa shape index (κ1) is 34.4. The molecule has 3 heteroatoms. The lowest BCUT2D eigenvalue weighted by Crippen LogP contribution is -2.16. The molecule has 0 atom stereocenters. The third-order valence-electron chi connectivity index (χ3n) is 12.7. The summed E-state index contributed by atoms with van der Waals surface area (Å²) in [5.74, 6) is 0. The van der Waals surface area contributed by atoms with Crippen LogP contribution in [0.3, 0.4) is 0 Å². The van der Waals surface area contributed by atoms with Crippen molar-refractivity contribution in [3.63, 3.8) is 0 Å². The summed E-state index contributed by atoms with van der Waals surface area (Å²) in [6, 6.07) is 71.8. The van der Waals surface area contributed by atoms with Crippen molar-refractivity contribution in [2.75, 3.05) is 4.90 Å². The first-order chi connectivity index (χ1) is 29.5. The predicted molar refractivity (Wildman–Crippen MR) is 250 cm³/mol. The van der Waals surface area contributed by atoms with Gasteiger partial charge < -0.3 is 13.7 Å². The first-order valence-corrected chi connectivity index (χ1v) is 20.7. The van der Waals surface area contributed by atoms with E-state index in [1.807, 2.05) is 0 Å². The van der Waals surface area contributed by atoms with Crippen LogP contribution < -0.4 is 4.90 Å². The van der Waals surface area contributed by atoms with Crippen molar-refractivity contribution in [2.45, 2.75) is 19.3 Å². The summed E-state index contributed by atoms with van der Waals surface area (Å²) >= 11 is 0. The Morgan fingerprint density at radius 3 is 1.78 bits per heavy atom. The fourth-order valence-electron chi connectivity index (χ4n) is 9.70. The van der Waals surface area contributed by atoms with Gasteiger partial charge in [0.25, 0.3) is 0 Å². The second-order valence-corrected chi connectivity index (χ2v) is 16.5. The Labute approximate surface area is 348 Å². The zero-order valence-electron chi connectivity index (χ0n) is 33.3. The van der Waals surface area contributed by atoms with Crippen molar-refractivity contribution in [3.05, 3.63) is 211 Å². The Balaban J connectivity index is 1.05. The molecule has 9 aromatic carbocycles. The van der Waals surface area contributed by atoms with Gasteiger partial charge in [0.1, 0.15) is 16.7 Å². The highest BCUT2D eigenvalue weighted by Crippen LogP contribution is 2.52. The standard InChI is InChI=1S/C57H39NO2/c1-57(2)49-23-10-9-20-44(49)45-31-30-42(33-50(45)57)58(41-19-11-18-40(32-41)38-28-26-37(27-29-38)36-14-5-3-6-15-36)51-24-12-22-46-47-34-54-48(35-53(47)60-56(46)51)55-43(21-13-25-52(55)59-54)39-16-7-4-8-17-39/h3-35H,1-2H3. The molecule has 0 saturated carbocycles. The van der Waals surface area contributed by atoms with E-state index in [9.17, 15) is 0 Å². The number of rotatable bonds is 6. The van der Waals surface area contributed by atoms with E-state index in [0.29, 0.717) is 0 Å². The number of hydrogen-bond acceptors (Lipinski definition) is 3. The number of furan rings is 2. The molecule has 0 amide bonds. The van der Waals surface area contributed by atoms with Crippen molar-refractivity contribution in [1.29, 1.82) is 0 Å². The summed E-state index contributed by atoms with van der Waals surface area (Å²) in [6.07, 6.45) is 0. The maximum Gasteiger partial charge on any atom is 0.159 e. The van der Waals surface area contributed by atoms with Gasteiger partial charge in [-0.15, -0.1) is 0 Å². The highest BCUT2D eigenvalue weighted by molar-refractivity contribution is 6.19. The Morgan fingerprint density at radius 2 is 0.967 bits per heavy atom. The Kier molecular flexibility index (Phi) is 7.58. The van der Waals surface area contributed by atoms with Crippen molar-refractivity contribution in [1.82, 2.24) is 0 Å². The van der Waals surface area contributed by atoms with Gasteiger partial charge in [-0.3, -0.25) is 0 Å². The van der Waals surface area contributed by atoms with Gasteiger partial charge in [-0.25, -0.2) is 0 Å². The molecule has 60 heavy (non-hydrogen) atoms. The van der Waals surface area contributed by atoms with E-state index in [1.165, 1.54) is 33.4 Å². The average Bonchev–Trinajstić information content (AvgIpc) is 3.93. The van der Waals surface area contributed by atoms with Crippen molar-refractivity contribution >= 4 is 60.9 Å². The Morgan fingerprint density at radius 1 is 0.367 bits per heavy atom. The third-order valence-corrected chi connectivity index (χ3v) is 12.7. The SMILES string of the molecule is CC1(C)c2ccccc2-c2ccc(N(c3cccc(-c4ccc(-c5ccccc5)cc4)c3)c3cccc4c3oc3cc5c(cc34)oc3cccc(-c4ccccc4)c35)cc21. The number of hydrogen-bond donors (Lipinski definition) is 0. The molecule has 12 rings (SSSR count). The summed E-state index contributed by atoms with van der Waals surface area (Å²) < 4.78 is 13.6. The molecule has 0 saturated heterocycles. The van der Waals surface area contributed by atoms with Crippen LogP contribution in [0.5, 0.6) is 0 Å². The monoisotopic (exact) mass is 769 g/mol. The van der Waals surface area contributed by atoms with Gasteiger partial charge in [-0.2, -0.15) is 0 Å². The Bertz CT molecular complexity index is 3450. The fourth-order valence-corrected chi connectivity index (χ4v) is 9.70. The number of benzene rings is 9. The van der Waals surface area contributed by atoms with Gasteiger partial charge in [0.2, 0.25) is 0 Å². The summed E-state index contributed by atoms with van der Waals surface area (Å²) in [7, 11) is 0. The fraction of sp³-hybridized carbons (Fsp3) is 0.0526. The van der Waals surface area contributed by atoms with Crippen LogP contribution in [0, 0.1) is 0 Å². The molecule has 284 valence electrons. The van der Waals surface area contributed by atoms with E-state index < -0.39 is 0 Å². The van der Waals surface area contributed by atoms with Gasteiger partial charge in [0, 0.05) is 38.3 Å². The van der Waals surface area contributed by atoms with Crippen LogP contribution in [0.1, 0.15) is 25.0 Å². The number of para-hydroxylation sites is 1.